The summed E-state index contributed by atoms with van der Waals surface area (Å²) >= 11 is 0. The number of benzene rings is 2. The number of rotatable bonds is 2. The second-order valence-electron chi connectivity index (χ2n) is 4.83. The predicted molar refractivity (Wildman–Crippen MR) is 79.1 cm³/mol. The van der Waals surface area contributed by atoms with Gasteiger partial charge in [0, 0.05) is 22.9 Å². The van der Waals surface area contributed by atoms with Crippen LogP contribution in [0, 0.1) is 0 Å². The molecular formula is C15H13N5. The third-order valence-electron chi connectivity index (χ3n) is 3.58. The Labute approximate surface area is 114 Å². The van der Waals surface area contributed by atoms with Crippen LogP contribution in [0.5, 0.6) is 0 Å². The summed E-state index contributed by atoms with van der Waals surface area (Å²) in [6, 6.07) is 12.3. The first kappa shape index (κ1) is 11.2. The summed E-state index contributed by atoms with van der Waals surface area (Å²) in [6.45, 7) is 0.528. The van der Waals surface area contributed by atoms with Crippen LogP contribution in [-0.4, -0.2) is 20.4 Å². The molecule has 0 amide bonds. The van der Waals surface area contributed by atoms with Crippen LogP contribution in [0.25, 0.3) is 33.1 Å². The lowest BCUT2D eigenvalue weighted by Crippen LogP contribution is -1.95. The van der Waals surface area contributed by atoms with E-state index in [-0.39, 0.29) is 0 Å². The summed E-state index contributed by atoms with van der Waals surface area (Å²) in [7, 11) is 0. The molecule has 0 aliphatic rings. The molecule has 4 aromatic rings. The standard InChI is InChI=1S/C15H13N5/c16-7-9-1-4-13-12(5-9)15(20-19-13)10-2-3-11-8-17-18-14(11)6-10/h1-6,8H,7,16H2,(H,17,18)(H,19,20). The van der Waals surface area contributed by atoms with Crippen LogP contribution in [0.1, 0.15) is 5.56 Å². The maximum Gasteiger partial charge on any atom is 0.1000 e. The van der Waals surface area contributed by atoms with Crippen molar-refractivity contribution in [1.82, 2.24) is 20.4 Å². The molecule has 0 atom stereocenters. The number of nitrogens with one attached hydrogen (secondary N) is 2. The number of hydrogen-bond donors (Lipinski definition) is 3. The second kappa shape index (κ2) is 4.18. The summed E-state index contributed by atoms with van der Waals surface area (Å²) in [4.78, 5) is 0. The largest absolute Gasteiger partial charge is 0.326 e. The van der Waals surface area contributed by atoms with Gasteiger partial charge in [0.25, 0.3) is 0 Å². The van der Waals surface area contributed by atoms with E-state index in [1.165, 1.54) is 0 Å². The van der Waals surface area contributed by atoms with Gasteiger partial charge < -0.3 is 5.73 Å². The van der Waals surface area contributed by atoms with E-state index >= 15 is 0 Å². The highest BCUT2D eigenvalue weighted by molar-refractivity contribution is 5.95. The summed E-state index contributed by atoms with van der Waals surface area (Å²) in [5, 5.41) is 16.7. The molecule has 0 bridgehead atoms. The van der Waals surface area contributed by atoms with E-state index in [1.54, 1.807) is 0 Å². The molecule has 2 heterocycles. The van der Waals surface area contributed by atoms with E-state index in [2.05, 4.69) is 38.6 Å². The number of hydrogen-bond acceptors (Lipinski definition) is 3. The zero-order valence-electron chi connectivity index (χ0n) is 10.7. The summed E-state index contributed by atoms with van der Waals surface area (Å²) in [5.74, 6) is 0. The van der Waals surface area contributed by atoms with Crippen molar-refractivity contribution in [3.63, 3.8) is 0 Å². The second-order valence-corrected chi connectivity index (χ2v) is 4.83. The van der Waals surface area contributed by atoms with Gasteiger partial charge in [-0.15, -0.1) is 0 Å². The Morgan fingerprint density at radius 3 is 2.85 bits per heavy atom. The Hall–Kier alpha value is -2.66. The minimum atomic E-state index is 0.528. The van der Waals surface area contributed by atoms with Gasteiger partial charge in [0.05, 0.1) is 22.9 Å². The lowest BCUT2D eigenvalue weighted by molar-refractivity contribution is 1.07. The average molecular weight is 263 g/mol. The minimum absolute atomic E-state index is 0.528. The quantitative estimate of drug-likeness (QED) is 0.519. The zero-order valence-corrected chi connectivity index (χ0v) is 10.7. The molecule has 2 aromatic carbocycles. The topological polar surface area (TPSA) is 83.4 Å². The normalized spacial score (nSPS) is 11.4. The first-order chi connectivity index (χ1) is 9.85. The van der Waals surface area contributed by atoms with Crippen molar-refractivity contribution in [3.8, 4) is 11.3 Å². The van der Waals surface area contributed by atoms with E-state index in [1.807, 2.05) is 24.4 Å². The summed E-state index contributed by atoms with van der Waals surface area (Å²) in [6.07, 6.45) is 1.81. The summed E-state index contributed by atoms with van der Waals surface area (Å²) < 4.78 is 0. The van der Waals surface area contributed by atoms with Crippen LogP contribution in [0.2, 0.25) is 0 Å². The number of nitrogens with zero attached hydrogens (tertiary/aromatic N) is 2. The van der Waals surface area contributed by atoms with Gasteiger partial charge in [0.1, 0.15) is 0 Å². The van der Waals surface area contributed by atoms with E-state index in [9.17, 15) is 0 Å². The van der Waals surface area contributed by atoms with Crippen molar-refractivity contribution >= 4 is 21.8 Å². The monoisotopic (exact) mass is 263 g/mol. The fourth-order valence-corrected chi connectivity index (χ4v) is 2.49. The van der Waals surface area contributed by atoms with E-state index in [0.717, 1.165) is 38.6 Å². The van der Waals surface area contributed by atoms with Crippen molar-refractivity contribution in [3.05, 3.63) is 48.2 Å². The highest BCUT2D eigenvalue weighted by Crippen LogP contribution is 2.28. The van der Waals surface area contributed by atoms with Crippen LogP contribution in [0.15, 0.2) is 42.6 Å². The Balaban J connectivity index is 1.96. The van der Waals surface area contributed by atoms with Gasteiger partial charge in [-0.25, -0.2) is 0 Å². The van der Waals surface area contributed by atoms with Gasteiger partial charge in [0.15, 0.2) is 0 Å². The molecule has 0 radical (unpaired) electrons. The number of fused-ring (bicyclic) bond motifs is 2. The van der Waals surface area contributed by atoms with Gasteiger partial charge in [-0.3, -0.25) is 10.2 Å². The van der Waals surface area contributed by atoms with Crippen LogP contribution in [-0.2, 0) is 6.54 Å². The van der Waals surface area contributed by atoms with Gasteiger partial charge in [0.2, 0.25) is 0 Å². The van der Waals surface area contributed by atoms with Gasteiger partial charge in [-0.1, -0.05) is 18.2 Å². The molecular weight excluding hydrogens is 250 g/mol. The Kier molecular flexibility index (Phi) is 2.34. The van der Waals surface area contributed by atoms with Gasteiger partial charge >= 0.3 is 0 Å². The van der Waals surface area contributed by atoms with Crippen molar-refractivity contribution in [2.75, 3.05) is 0 Å². The number of aromatic nitrogens is 4. The van der Waals surface area contributed by atoms with Crippen molar-refractivity contribution in [2.24, 2.45) is 5.73 Å². The molecule has 0 unspecified atom stereocenters. The van der Waals surface area contributed by atoms with Crippen LogP contribution in [0.3, 0.4) is 0 Å². The van der Waals surface area contributed by atoms with Gasteiger partial charge in [-0.2, -0.15) is 10.2 Å². The van der Waals surface area contributed by atoms with E-state index < -0.39 is 0 Å². The smallest absolute Gasteiger partial charge is 0.1000 e. The highest BCUT2D eigenvalue weighted by Gasteiger charge is 2.09. The summed E-state index contributed by atoms with van der Waals surface area (Å²) in [5.41, 5.74) is 10.8. The van der Waals surface area contributed by atoms with E-state index in [4.69, 9.17) is 5.73 Å². The maximum atomic E-state index is 5.71. The molecule has 0 saturated heterocycles. The molecule has 0 fully saturated rings. The predicted octanol–water partition coefficient (Wildman–Crippen LogP) is 2.56. The highest BCUT2D eigenvalue weighted by atomic mass is 15.1. The number of nitrogens with two attached hydrogens (primary N) is 1. The Morgan fingerprint density at radius 2 is 1.95 bits per heavy atom. The molecule has 0 spiro atoms. The zero-order chi connectivity index (χ0) is 13.5. The van der Waals surface area contributed by atoms with Crippen molar-refractivity contribution in [1.29, 1.82) is 0 Å². The molecule has 0 aliphatic heterocycles. The van der Waals surface area contributed by atoms with Crippen LogP contribution < -0.4 is 5.73 Å². The van der Waals surface area contributed by atoms with Crippen LogP contribution in [0.4, 0.5) is 0 Å². The third kappa shape index (κ3) is 1.60. The SMILES string of the molecule is NCc1ccc2[nH]nc(-c3ccc4cn[nH]c4c3)c2c1. The fraction of sp³-hybridized carbons (Fsp3) is 0.0667. The first-order valence-electron chi connectivity index (χ1n) is 6.46. The Bertz CT molecular complexity index is 903. The lowest BCUT2D eigenvalue weighted by Gasteiger charge is -2.00. The molecule has 98 valence electrons. The molecule has 4 rings (SSSR count). The molecule has 4 N–H and O–H groups in total. The fourth-order valence-electron chi connectivity index (χ4n) is 2.49. The lowest BCUT2D eigenvalue weighted by atomic mass is 10.0. The first-order valence-corrected chi connectivity index (χ1v) is 6.46. The molecule has 20 heavy (non-hydrogen) atoms. The molecule has 0 saturated carbocycles. The average Bonchev–Trinajstić information content (AvgIpc) is 3.11. The van der Waals surface area contributed by atoms with Crippen molar-refractivity contribution < 1.29 is 0 Å². The molecule has 5 nitrogen and oxygen atoms in total. The molecule has 0 aliphatic carbocycles. The maximum absolute atomic E-state index is 5.71. The third-order valence-corrected chi connectivity index (χ3v) is 3.58. The van der Waals surface area contributed by atoms with Crippen LogP contribution >= 0.6 is 0 Å². The Morgan fingerprint density at radius 1 is 1.00 bits per heavy atom. The van der Waals surface area contributed by atoms with Gasteiger partial charge in [-0.05, 0) is 23.8 Å². The number of aromatic amines is 2. The minimum Gasteiger partial charge on any atom is -0.326 e. The van der Waals surface area contributed by atoms with E-state index in [0.29, 0.717) is 6.54 Å². The molecule has 2 aromatic heterocycles. The number of H-pyrrole nitrogens is 2. The molecule has 5 heteroatoms. The van der Waals surface area contributed by atoms with Crippen molar-refractivity contribution in [2.45, 2.75) is 6.54 Å².